The lowest BCUT2D eigenvalue weighted by Gasteiger charge is -2.27. The van der Waals surface area contributed by atoms with Crippen LogP contribution in [0.4, 0.5) is 0 Å². The molecule has 8 heteroatoms. The van der Waals surface area contributed by atoms with Gasteiger partial charge in [-0.05, 0) is 25.5 Å². The molecule has 124 valence electrons. The number of aliphatic imine (C=N–C) groups is 1. The summed E-state index contributed by atoms with van der Waals surface area (Å²) in [5.74, 6) is 2.18. The number of furan rings is 1. The molecule has 2 aromatic rings. The highest BCUT2D eigenvalue weighted by Gasteiger charge is 2.27. The molecular formula is C15H22N6O2. The molecule has 0 aromatic carbocycles. The number of hydrogen-bond donors (Lipinski definition) is 3. The highest BCUT2D eigenvalue weighted by atomic mass is 16.4. The first-order chi connectivity index (χ1) is 11.1. The molecule has 2 unspecified atom stereocenters. The Labute approximate surface area is 134 Å². The molecule has 0 spiro atoms. The second-order valence-corrected chi connectivity index (χ2v) is 5.92. The number of aryl methyl sites for hydroxylation is 1. The number of aromatic nitrogens is 3. The Morgan fingerprint density at radius 1 is 1.61 bits per heavy atom. The quantitative estimate of drug-likeness (QED) is 0.552. The van der Waals surface area contributed by atoms with Crippen LogP contribution in [-0.2, 0) is 18.6 Å². The van der Waals surface area contributed by atoms with Gasteiger partial charge >= 0.3 is 0 Å². The zero-order chi connectivity index (χ0) is 16.3. The van der Waals surface area contributed by atoms with Gasteiger partial charge in [0.05, 0.1) is 19.4 Å². The van der Waals surface area contributed by atoms with Crippen molar-refractivity contribution in [2.24, 2.45) is 4.99 Å². The first kappa shape index (κ1) is 15.5. The summed E-state index contributed by atoms with van der Waals surface area (Å²) in [5.41, 5.74) is -1.10. The smallest absolute Gasteiger partial charge is 0.191 e. The van der Waals surface area contributed by atoms with Crippen molar-refractivity contribution in [1.29, 1.82) is 0 Å². The fourth-order valence-corrected chi connectivity index (χ4v) is 2.67. The van der Waals surface area contributed by atoms with Crippen LogP contribution in [0.1, 0.15) is 24.9 Å². The van der Waals surface area contributed by atoms with Crippen LogP contribution in [0.15, 0.2) is 34.1 Å². The fourth-order valence-electron chi connectivity index (χ4n) is 2.67. The van der Waals surface area contributed by atoms with Gasteiger partial charge in [0.25, 0.3) is 0 Å². The van der Waals surface area contributed by atoms with Gasteiger partial charge in [-0.1, -0.05) is 0 Å². The third kappa shape index (κ3) is 3.53. The zero-order valence-electron chi connectivity index (χ0n) is 13.4. The Bertz CT molecular complexity index is 661. The fraction of sp³-hybridized carbons (Fsp3) is 0.533. The minimum Gasteiger partial charge on any atom is -0.466 e. The van der Waals surface area contributed by atoms with E-state index in [2.05, 4.69) is 25.7 Å². The summed E-state index contributed by atoms with van der Waals surface area (Å²) < 4.78 is 7.19. The Kier molecular flexibility index (Phi) is 4.33. The molecule has 0 radical (unpaired) electrons. The lowest BCUT2D eigenvalue weighted by atomic mass is 10.0. The Balaban J connectivity index is 1.55. The van der Waals surface area contributed by atoms with E-state index < -0.39 is 5.60 Å². The van der Waals surface area contributed by atoms with Crippen molar-refractivity contribution in [1.82, 2.24) is 25.4 Å². The van der Waals surface area contributed by atoms with Crippen LogP contribution in [-0.4, -0.2) is 45.5 Å². The van der Waals surface area contributed by atoms with Gasteiger partial charge in [-0.3, -0.25) is 4.99 Å². The number of rotatable bonds is 4. The minimum absolute atomic E-state index is 0.226. The summed E-state index contributed by atoms with van der Waals surface area (Å²) in [7, 11) is 1.71. The van der Waals surface area contributed by atoms with Gasteiger partial charge in [-0.15, -0.1) is 0 Å². The van der Waals surface area contributed by atoms with E-state index in [9.17, 15) is 5.11 Å². The number of hydrogen-bond acceptors (Lipinski definition) is 5. The van der Waals surface area contributed by atoms with Gasteiger partial charge in [0, 0.05) is 19.5 Å². The molecule has 2 aromatic heterocycles. The van der Waals surface area contributed by atoms with E-state index in [1.54, 1.807) is 38.7 Å². The maximum atomic E-state index is 10.5. The van der Waals surface area contributed by atoms with Crippen molar-refractivity contribution in [3.05, 3.63) is 36.3 Å². The highest BCUT2D eigenvalue weighted by Crippen LogP contribution is 2.19. The van der Waals surface area contributed by atoms with Crippen LogP contribution in [0.2, 0.25) is 0 Å². The van der Waals surface area contributed by atoms with Gasteiger partial charge in [-0.25, -0.2) is 9.67 Å². The van der Waals surface area contributed by atoms with E-state index in [1.807, 2.05) is 4.68 Å². The van der Waals surface area contributed by atoms with Crippen LogP contribution < -0.4 is 10.6 Å². The lowest BCUT2D eigenvalue weighted by Crippen LogP contribution is -2.50. The molecule has 0 amide bonds. The van der Waals surface area contributed by atoms with Gasteiger partial charge in [0.2, 0.25) is 0 Å². The summed E-state index contributed by atoms with van der Waals surface area (Å²) in [6.07, 6.45) is 4.99. The molecule has 3 heterocycles. The van der Waals surface area contributed by atoms with Crippen molar-refractivity contribution >= 4 is 5.96 Å². The SMILES string of the molecule is CN=C(NCC(C)(O)c1ccco1)NC1CCc2ncnn2C1. The van der Waals surface area contributed by atoms with Crippen LogP contribution in [0.5, 0.6) is 0 Å². The molecule has 23 heavy (non-hydrogen) atoms. The van der Waals surface area contributed by atoms with E-state index in [1.165, 1.54) is 0 Å². The molecule has 0 saturated heterocycles. The summed E-state index contributed by atoms with van der Waals surface area (Å²) in [4.78, 5) is 8.44. The van der Waals surface area contributed by atoms with Crippen molar-refractivity contribution in [2.45, 2.75) is 38.0 Å². The van der Waals surface area contributed by atoms with E-state index in [0.717, 1.165) is 25.2 Å². The second-order valence-electron chi connectivity index (χ2n) is 5.92. The average molecular weight is 318 g/mol. The molecule has 0 fully saturated rings. The highest BCUT2D eigenvalue weighted by molar-refractivity contribution is 5.80. The van der Waals surface area contributed by atoms with Crippen molar-refractivity contribution in [3.8, 4) is 0 Å². The van der Waals surface area contributed by atoms with Gasteiger partial charge in [-0.2, -0.15) is 5.10 Å². The first-order valence-corrected chi connectivity index (χ1v) is 7.69. The standard InChI is InChI=1S/C15H22N6O2/c1-15(22,12-4-3-7-23-12)9-17-14(16-2)20-11-5-6-13-18-10-19-21(13)8-11/h3-4,7,10-11,22H,5-6,8-9H2,1-2H3,(H2,16,17,20). The van der Waals surface area contributed by atoms with Crippen LogP contribution in [0, 0.1) is 0 Å². The second kappa shape index (κ2) is 6.41. The van der Waals surface area contributed by atoms with Crippen molar-refractivity contribution < 1.29 is 9.52 Å². The van der Waals surface area contributed by atoms with E-state index in [-0.39, 0.29) is 6.04 Å². The Morgan fingerprint density at radius 3 is 3.22 bits per heavy atom. The summed E-state index contributed by atoms with van der Waals surface area (Å²) in [5, 5.41) is 21.2. The largest absolute Gasteiger partial charge is 0.466 e. The minimum atomic E-state index is -1.10. The predicted octanol–water partition coefficient (Wildman–Crippen LogP) is 0.259. The van der Waals surface area contributed by atoms with Crippen LogP contribution in [0.25, 0.3) is 0 Å². The van der Waals surface area contributed by atoms with Crippen LogP contribution in [0.3, 0.4) is 0 Å². The maximum absolute atomic E-state index is 10.5. The van der Waals surface area contributed by atoms with Crippen molar-refractivity contribution in [3.63, 3.8) is 0 Å². The van der Waals surface area contributed by atoms with Gasteiger partial charge in [0.15, 0.2) is 5.96 Å². The van der Waals surface area contributed by atoms with E-state index in [4.69, 9.17) is 4.42 Å². The zero-order valence-corrected chi connectivity index (χ0v) is 13.4. The predicted molar refractivity (Wildman–Crippen MR) is 84.9 cm³/mol. The summed E-state index contributed by atoms with van der Waals surface area (Å²) in [6, 6.07) is 3.74. The molecule has 8 nitrogen and oxygen atoms in total. The number of guanidine groups is 1. The van der Waals surface area contributed by atoms with Crippen LogP contribution >= 0.6 is 0 Å². The molecular weight excluding hydrogens is 296 g/mol. The molecule has 0 aliphatic carbocycles. The lowest BCUT2D eigenvalue weighted by molar-refractivity contribution is 0.0385. The molecule has 3 N–H and O–H groups in total. The summed E-state index contributed by atoms with van der Waals surface area (Å²) >= 11 is 0. The first-order valence-electron chi connectivity index (χ1n) is 7.69. The molecule has 1 aliphatic rings. The number of aliphatic hydroxyl groups is 1. The van der Waals surface area contributed by atoms with Gasteiger partial charge in [0.1, 0.15) is 23.5 Å². The van der Waals surface area contributed by atoms with E-state index >= 15 is 0 Å². The third-order valence-electron chi connectivity index (χ3n) is 4.02. The van der Waals surface area contributed by atoms with Crippen molar-refractivity contribution in [2.75, 3.05) is 13.6 Å². The third-order valence-corrected chi connectivity index (χ3v) is 4.02. The molecule has 0 bridgehead atoms. The maximum Gasteiger partial charge on any atom is 0.191 e. The number of nitrogens with one attached hydrogen (secondary N) is 2. The molecule has 0 saturated carbocycles. The normalized spacial score (nSPS) is 20.7. The number of nitrogens with zero attached hydrogens (tertiary/aromatic N) is 4. The average Bonchev–Trinajstić information content (AvgIpc) is 3.22. The number of fused-ring (bicyclic) bond motifs is 1. The van der Waals surface area contributed by atoms with Gasteiger partial charge < -0.3 is 20.2 Å². The molecule has 2 atom stereocenters. The van der Waals surface area contributed by atoms with E-state index in [0.29, 0.717) is 18.3 Å². The monoisotopic (exact) mass is 318 g/mol. The Hall–Kier alpha value is -2.35. The topological polar surface area (TPSA) is 100 Å². The summed E-state index contributed by atoms with van der Waals surface area (Å²) in [6.45, 7) is 2.75. The Morgan fingerprint density at radius 2 is 2.48 bits per heavy atom. The molecule has 3 rings (SSSR count). The molecule has 1 aliphatic heterocycles.